The van der Waals surface area contributed by atoms with Gasteiger partial charge in [0.25, 0.3) is 5.91 Å². The number of amides is 1. The number of halogens is 1. The summed E-state index contributed by atoms with van der Waals surface area (Å²) in [5.41, 5.74) is 1.59. The first-order valence-electron chi connectivity index (χ1n) is 8.58. The Labute approximate surface area is 155 Å². The number of anilines is 2. The number of hydrogen-bond acceptors (Lipinski definition) is 4. The predicted molar refractivity (Wildman–Crippen MR) is 103 cm³/mol. The van der Waals surface area contributed by atoms with Crippen molar-refractivity contribution in [2.75, 3.05) is 23.3 Å². The molecule has 1 N–H and O–H groups in total. The number of rotatable bonds is 4. The molecule has 1 aromatic carbocycles. The van der Waals surface area contributed by atoms with E-state index >= 15 is 0 Å². The Bertz CT molecular complexity index is 917. The van der Waals surface area contributed by atoms with Crippen molar-refractivity contribution in [2.45, 2.75) is 12.8 Å². The Morgan fingerprint density at radius 1 is 1.08 bits per heavy atom. The highest BCUT2D eigenvalue weighted by Gasteiger charge is 2.15. The summed E-state index contributed by atoms with van der Waals surface area (Å²) >= 11 is 1.26. The van der Waals surface area contributed by atoms with E-state index in [2.05, 4.69) is 15.2 Å². The molecule has 0 radical (unpaired) electrons. The van der Waals surface area contributed by atoms with Crippen LogP contribution < -0.4 is 10.2 Å². The molecule has 4 nitrogen and oxygen atoms in total. The summed E-state index contributed by atoms with van der Waals surface area (Å²) < 4.78 is 13.9. The number of aromatic nitrogens is 1. The van der Waals surface area contributed by atoms with Crippen LogP contribution in [0.15, 0.2) is 54.7 Å². The number of benzene rings is 1. The van der Waals surface area contributed by atoms with Gasteiger partial charge in [0.2, 0.25) is 0 Å². The summed E-state index contributed by atoms with van der Waals surface area (Å²) in [6.07, 6.45) is 4.21. The fourth-order valence-electron chi connectivity index (χ4n) is 3.07. The highest BCUT2D eigenvalue weighted by molar-refractivity contribution is 7.17. The molecule has 1 aliphatic heterocycles. The van der Waals surface area contributed by atoms with Gasteiger partial charge in [-0.2, -0.15) is 0 Å². The summed E-state index contributed by atoms with van der Waals surface area (Å²) in [5, 5.41) is 2.80. The Hall–Kier alpha value is -2.73. The van der Waals surface area contributed by atoms with Crippen molar-refractivity contribution in [3.63, 3.8) is 0 Å². The Balaban J connectivity index is 1.46. The molecule has 2 aromatic heterocycles. The lowest BCUT2D eigenvalue weighted by Gasteiger charge is -2.17. The average Bonchev–Trinajstić information content (AvgIpc) is 3.35. The van der Waals surface area contributed by atoms with E-state index in [-0.39, 0.29) is 11.7 Å². The molecular weight excluding hydrogens is 349 g/mol. The molecular formula is C20H18FN3OS. The number of nitrogens with one attached hydrogen (secondary N) is 1. The van der Waals surface area contributed by atoms with Crippen LogP contribution in [0.5, 0.6) is 0 Å². The van der Waals surface area contributed by atoms with Gasteiger partial charge in [0.15, 0.2) is 0 Å². The lowest BCUT2D eigenvalue weighted by molar-refractivity contribution is 0.103. The second-order valence-electron chi connectivity index (χ2n) is 6.19. The van der Waals surface area contributed by atoms with E-state index < -0.39 is 0 Å². The summed E-state index contributed by atoms with van der Waals surface area (Å²) in [7, 11) is 0. The normalized spacial score (nSPS) is 13.8. The predicted octanol–water partition coefficient (Wildman–Crippen LogP) is 4.80. The molecule has 3 aromatic rings. The van der Waals surface area contributed by atoms with E-state index in [1.54, 1.807) is 36.5 Å². The van der Waals surface area contributed by atoms with Gasteiger partial charge in [-0.15, -0.1) is 11.3 Å². The largest absolute Gasteiger partial charge is 0.370 e. The maximum Gasteiger partial charge on any atom is 0.266 e. The molecule has 1 amide bonds. The molecule has 26 heavy (non-hydrogen) atoms. The van der Waals surface area contributed by atoms with E-state index in [1.165, 1.54) is 30.2 Å². The van der Waals surface area contributed by atoms with Crippen molar-refractivity contribution >= 4 is 28.7 Å². The van der Waals surface area contributed by atoms with Crippen LogP contribution in [0, 0.1) is 5.82 Å². The van der Waals surface area contributed by atoms with Crippen LogP contribution in [0.25, 0.3) is 10.4 Å². The van der Waals surface area contributed by atoms with Crippen molar-refractivity contribution in [3.8, 4) is 10.4 Å². The van der Waals surface area contributed by atoms with Gasteiger partial charge in [-0.05, 0) is 43.2 Å². The smallest absolute Gasteiger partial charge is 0.266 e. The minimum Gasteiger partial charge on any atom is -0.370 e. The molecule has 4 rings (SSSR count). The van der Waals surface area contributed by atoms with Gasteiger partial charge >= 0.3 is 0 Å². The van der Waals surface area contributed by atoms with Crippen molar-refractivity contribution in [1.82, 2.24) is 4.98 Å². The molecule has 6 heteroatoms. The Kier molecular flexibility index (Phi) is 4.67. The minimum absolute atomic E-state index is 0.237. The zero-order valence-corrected chi connectivity index (χ0v) is 14.9. The molecule has 0 bridgehead atoms. The van der Waals surface area contributed by atoms with Crippen molar-refractivity contribution < 1.29 is 9.18 Å². The summed E-state index contributed by atoms with van der Waals surface area (Å²) in [4.78, 5) is 20.3. The van der Waals surface area contributed by atoms with E-state index in [1.807, 2.05) is 12.1 Å². The van der Waals surface area contributed by atoms with Crippen LogP contribution in [0.1, 0.15) is 22.5 Å². The van der Waals surface area contributed by atoms with Crippen molar-refractivity contribution in [3.05, 3.63) is 65.4 Å². The van der Waals surface area contributed by atoms with Gasteiger partial charge in [0, 0.05) is 23.5 Å². The quantitative estimate of drug-likeness (QED) is 0.720. The topological polar surface area (TPSA) is 45.2 Å². The number of hydrogen-bond donors (Lipinski definition) is 1. The molecule has 0 atom stereocenters. The number of carbonyl (C=O) groups is 1. The molecule has 3 heterocycles. The van der Waals surface area contributed by atoms with E-state index in [0.29, 0.717) is 16.3 Å². The molecule has 1 fully saturated rings. The van der Waals surface area contributed by atoms with E-state index in [4.69, 9.17) is 0 Å². The van der Waals surface area contributed by atoms with Crippen LogP contribution in [-0.4, -0.2) is 24.0 Å². The van der Waals surface area contributed by atoms with Gasteiger partial charge < -0.3 is 10.2 Å². The summed E-state index contributed by atoms with van der Waals surface area (Å²) in [5.74, 6) is -0.0155. The van der Waals surface area contributed by atoms with Gasteiger partial charge in [-0.1, -0.05) is 18.2 Å². The van der Waals surface area contributed by atoms with Crippen LogP contribution in [0.3, 0.4) is 0 Å². The fourth-order valence-corrected chi connectivity index (χ4v) is 3.99. The van der Waals surface area contributed by atoms with Gasteiger partial charge in [0.05, 0.1) is 16.8 Å². The van der Waals surface area contributed by atoms with Crippen LogP contribution >= 0.6 is 11.3 Å². The molecule has 1 aliphatic rings. The number of thiophene rings is 1. The zero-order valence-electron chi connectivity index (χ0n) is 14.1. The molecule has 0 spiro atoms. The maximum absolute atomic E-state index is 13.9. The standard InChI is InChI=1S/C20H18FN3OS/c21-16-6-2-1-5-15(16)17-8-9-18(26-17)20(25)23-19-10-7-14(13-22-19)24-11-3-4-12-24/h1-2,5-10,13H,3-4,11-12H2,(H,22,23,25). The number of pyridine rings is 1. The SMILES string of the molecule is O=C(Nc1ccc(N2CCCC2)cn1)c1ccc(-c2ccccc2F)s1. The number of nitrogens with zero attached hydrogens (tertiary/aromatic N) is 2. The van der Waals surface area contributed by atoms with Gasteiger partial charge in [-0.25, -0.2) is 9.37 Å². The lowest BCUT2D eigenvalue weighted by Crippen LogP contribution is -2.18. The van der Waals surface area contributed by atoms with Crippen molar-refractivity contribution in [1.29, 1.82) is 0 Å². The van der Waals surface area contributed by atoms with Crippen LogP contribution in [0.4, 0.5) is 15.9 Å². The van der Waals surface area contributed by atoms with Gasteiger partial charge in [-0.3, -0.25) is 4.79 Å². The van der Waals surface area contributed by atoms with Gasteiger partial charge in [0.1, 0.15) is 11.6 Å². The van der Waals surface area contributed by atoms with Crippen LogP contribution in [-0.2, 0) is 0 Å². The first-order chi connectivity index (χ1) is 12.7. The lowest BCUT2D eigenvalue weighted by atomic mass is 10.2. The molecule has 0 unspecified atom stereocenters. The van der Waals surface area contributed by atoms with E-state index in [9.17, 15) is 9.18 Å². The first kappa shape index (κ1) is 16.7. The minimum atomic E-state index is -0.291. The molecule has 0 aliphatic carbocycles. The Morgan fingerprint density at radius 2 is 1.88 bits per heavy atom. The highest BCUT2D eigenvalue weighted by Crippen LogP contribution is 2.30. The maximum atomic E-state index is 13.9. The average molecular weight is 367 g/mol. The summed E-state index contributed by atoms with van der Waals surface area (Å²) in [6, 6.07) is 13.8. The summed E-state index contributed by atoms with van der Waals surface area (Å²) in [6.45, 7) is 2.11. The fraction of sp³-hybridized carbons (Fsp3) is 0.200. The second-order valence-corrected chi connectivity index (χ2v) is 7.28. The first-order valence-corrected chi connectivity index (χ1v) is 9.39. The molecule has 1 saturated heterocycles. The third-order valence-electron chi connectivity index (χ3n) is 4.43. The van der Waals surface area contributed by atoms with E-state index in [0.717, 1.165) is 23.7 Å². The zero-order chi connectivity index (χ0) is 17.9. The molecule has 0 saturated carbocycles. The highest BCUT2D eigenvalue weighted by atomic mass is 32.1. The second kappa shape index (κ2) is 7.25. The van der Waals surface area contributed by atoms with Crippen LogP contribution in [0.2, 0.25) is 0 Å². The van der Waals surface area contributed by atoms with Crippen molar-refractivity contribution in [2.24, 2.45) is 0 Å². The molecule has 132 valence electrons. The monoisotopic (exact) mass is 367 g/mol. The third-order valence-corrected chi connectivity index (χ3v) is 5.55. The third kappa shape index (κ3) is 3.46. The number of carbonyl (C=O) groups excluding carboxylic acids is 1. The Morgan fingerprint density at radius 3 is 2.62 bits per heavy atom.